The molecule has 0 amide bonds. The molecule has 1 saturated heterocycles. The number of hydrogen-bond acceptors (Lipinski definition) is 3. The molecule has 5 nitrogen and oxygen atoms in total. The zero-order valence-corrected chi connectivity index (χ0v) is 12.1. The fourth-order valence-corrected chi connectivity index (χ4v) is 2.01. The maximum atomic E-state index is 5.35. The summed E-state index contributed by atoms with van der Waals surface area (Å²) in [6.07, 6.45) is 5.24. The van der Waals surface area contributed by atoms with Crippen molar-refractivity contribution in [1.29, 1.82) is 0 Å². The summed E-state index contributed by atoms with van der Waals surface area (Å²) in [5, 5.41) is 6.28. The first kappa shape index (κ1) is 15.8. The van der Waals surface area contributed by atoms with Gasteiger partial charge in [0.25, 0.3) is 0 Å². The molecule has 0 aliphatic carbocycles. The summed E-state index contributed by atoms with van der Waals surface area (Å²) >= 11 is 0. The maximum absolute atomic E-state index is 5.35. The third-order valence-corrected chi connectivity index (χ3v) is 2.94. The Morgan fingerprint density at radius 1 is 1.42 bits per heavy atom. The van der Waals surface area contributed by atoms with Crippen LogP contribution in [-0.4, -0.2) is 63.3 Å². The average Bonchev–Trinajstić information content (AvgIpc) is 2.43. The lowest BCUT2D eigenvalue weighted by atomic mass is 10.1. The topological polar surface area (TPSA) is 48.9 Å². The Hall–Kier alpha value is -1.25. The third kappa shape index (κ3) is 7.04. The molecule has 0 bridgehead atoms. The number of aliphatic imine (C=N–C) groups is 1. The molecule has 108 valence electrons. The zero-order valence-electron chi connectivity index (χ0n) is 12.1. The van der Waals surface area contributed by atoms with Crippen molar-refractivity contribution in [3.05, 3.63) is 0 Å². The molecular weight excluding hydrogens is 240 g/mol. The van der Waals surface area contributed by atoms with Crippen LogP contribution in [0.15, 0.2) is 4.99 Å². The number of hydrogen-bond donors (Lipinski definition) is 2. The smallest absolute Gasteiger partial charge is 0.192 e. The number of rotatable bonds is 6. The Balaban J connectivity index is 2.31. The lowest BCUT2D eigenvalue weighted by molar-refractivity contribution is 0.0323. The van der Waals surface area contributed by atoms with Gasteiger partial charge in [0.05, 0.1) is 19.8 Å². The van der Waals surface area contributed by atoms with Crippen LogP contribution in [0.1, 0.15) is 13.8 Å². The van der Waals surface area contributed by atoms with E-state index in [9.17, 15) is 0 Å². The molecule has 0 aromatic rings. The summed E-state index contributed by atoms with van der Waals surface area (Å²) in [7, 11) is 0. The fourth-order valence-electron chi connectivity index (χ4n) is 2.01. The van der Waals surface area contributed by atoms with Gasteiger partial charge < -0.3 is 15.4 Å². The minimum atomic E-state index is 0.504. The number of nitrogens with one attached hydrogen (secondary N) is 2. The first-order valence-electron chi connectivity index (χ1n) is 7.02. The molecule has 1 aliphatic heterocycles. The highest BCUT2D eigenvalue weighted by Crippen LogP contribution is 2.03. The van der Waals surface area contributed by atoms with Crippen LogP contribution < -0.4 is 10.6 Å². The van der Waals surface area contributed by atoms with E-state index in [4.69, 9.17) is 11.2 Å². The van der Waals surface area contributed by atoms with E-state index in [0.29, 0.717) is 12.5 Å². The first-order valence-corrected chi connectivity index (χ1v) is 7.02. The van der Waals surface area contributed by atoms with Crippen LogP contribution in [0, 0.1) is 18.3 Å². The van der Waals surface area contributed by atoms with E-state index >= 15 is 0 Å². The van der Waals surface area contributed by atoms with Gasteiger partial charge in [0.2, 0.25) is 0 Å². The summed E-state index contributed by atoms with van der Waals surface area (Å²) in [5.74, 6) is 3.88. The lowest BCUT2D eigenvalue weighted by Gasteiger charge is -2.28. The molecule has 1 heterocycles. The molecular formula is C14H26N4O. The van der Waals surface area contributed by atoms with Gasteiger partial charge in [0.1, 0.15) is 0 Å². The minimum Gasteiger partial charge on any atom is -0.379 e. The molecule has 1 aliphatic rings. The van der Waals surface area contributed by atoms with E-state index in [1.54, 1.807) is 0 Å². The van der Waals surface area contributed by atoms with Gasteiger partial charge >= 0.3 is 0 Å². The van der Waals surface area contributed by atoms with E-state index in [1.807, 2.05) is 6.92 Å². The predicted octanol–water partition coefficient (Wildman–Crippen LogP) is 0.143. The Morgan fingerprint density at radius 2 is 2.16 bits per heavy atom. The van der Waals surface area contributed by atoms with Crippen molar-refractivity contribution < 1.29 is 4.74 Å². The summed E-state index contributed by atoms with van der Waals surface area (Å²) in [6, 6.07) is 0. The van der Waals surface area contributed by atoms with Crippen LogP contribution in [0.4, 0.5) is 0 Å². The molecule has 0 aromatic heterocycles. The molecule has 2 N–H and O–H groups in total. The largest absolute Gasteiger partial charge is 0.379 e. The van der Waals surface area contributed by atoms with Crippen LogP contribution in [-0.2, 0) is 4.74 Å². The maximum Gasteiger partial charge on any atom is 0.192 e. The SMILES string of the molecule is C#CCNC(=NCC(C)CN1CCOCC1)NCC. The van der Waals surface area contributed by atoms with Crippen LogP contribution in [0.5, 0.6) is 0 Å². The predicted molar refractivity (Wildman–Crippen MR) is 79.2 cm³/mol. The highest BCUT2D eigenvalue weighted by molar-refractivity contribution is 5.79. The van der Waals surface area contributed by atoms with Crippen molar-refractivity contribution in [3.8, 4) is 12.3 Å². The van der Waals surface area contributed by atoms with Gasteiger partial charge in [-0.15, -0.1) is 6.42 Å². The highest BCUT2D eigenvalue weighted by Gasteiger charge is 2.13. The monoisotopic (exact) mass is 266 g/mol. The molecule has 0 radical (unpaired) electrons. The summed E-state index contributed by atoms with van der Waals surface area (Å²) in [6.45, 7) is 11.3. The van der Waals surface area contributed by atoms with Crippen LogP contribution >= 0.6 is 0 Å². The summed E-state index contributed by atoms with van der Waals surface area (Å²) < 4.78 is 5.35. The molecule has 0 spiro atoms. The lowest BCUT2D eigenvalue weighted by Crippen LogP contribution is -2.40. The van der Waals surface area contributed by atoms with E-state index in [2.05, 4.69) is 33.4 Å². The second-order valence-corrected chi connectivity index (χ2v) is 4.80. The second kappa shape index (κ2) is 9.65. The average molecular weight is 266 g/mol. The molecule has 5 heteroatoms. The van der Waals surface area contributed by atoms with Crippen LogP contribution in [0.3, 0.4) is 0 Å². The van der Waals surface area contributed by atoms with Gasteiger partial charge in [0.15, 0.2) is 5.96 Å². The van der Waals surface area contributed by atoms with Crippen LogP contribution in [0.2, 0.25) is 0 Å². The van der Waals surface area contributed by atoms with Crippen LogP contribution in [0.25, 0.3) is 0 Å². The Labute approximate surface area is 116 Å². The number of terminal acetylenes is 1. The van der Waals surface area contributed by atoms with Gasteiger partial charge in [-0.3, -0.25) is 9.89 Å². The molecule has 1 atom stereocenters. The van der Waals surface area contributed by atoms with E-state index in [1.165, 1.54) is 0 Å². The van der Waals surface area contributed by atoms with Gasteiger partial charge in [-0.25, -0.2) is 0 Å². The number of guanidine groups is 1. The molecule has 1 rings (SSSR count). The van der Waals surface area contributed by atoms with Crippen molar-refractivity contribution in [2.45, 2.75) is 13.8 Å². The number of nitrogens with zero attached hydrogens (tertiary/aromatic N) is 2. The normalized spacial score (nSPS) is 18.7. The number of morpholine rings is 1. The van der Waals surface area contributed by atoms with E-state index in [0.717, 1.165) is 51.9 Å². The van der Waals surface area contributed by atoms with Crippen molar-refractivity contribution in [2.75, 3.05) is 52.5 Å². The quantitative estimate of drug-likeness (QED) is 0.408. The van der Waals surface area contributed by atoms with Crippen molar-refractivity contribution in [1.82, 2.24) is 15.5 Å². The minimum absolute atomic E-state index is 0.504. The van der Waals surface area contributed by atoms with Gasteiger partial charge in [-0.05, 0) is 12.8 Å². The summed E-state index contributed by atoms with van der Waals surface area (Å²) in [4.78, 5) is 6.99. The van der Waals surface area contributed by atoms with E-state index < -0.39 is 0 Å². The number of ether oxygens (including phenoxy) is 1. The molecule has 0 aromatic carbocycles. The van der Waals surface area contributed by atoms with Gasteiger partial charge in [-0.1, -0.05) is 12.8 Å². The van der Waals surface area contributed by atoms with E-state index in [-0.39, 0.29) is 0 Å². The highest BCUT2D eigenvalue weighted by atomic mass is 16.5. The molecule has 1 unspecified atom stereocenters. The molecule has 19 heavy (non-hydrogen) atoms. The Morgan fingerprint density at radius 3 is 2.79 bits per heavy atom. The standard InChI is InChI=1S/C14H26N4O/c1-4-6-16-14(15-5-2)17-11-13(3)12-18-7-9-19-10-8-18/h1,13H,5-12H2,2-3H3,(H2,15,16,17). The van der Waals surface area contributed by atoms with Gasteiger partial charge in [-0.2, -0.15) is 0 Å². The second-order valence-electron chi connectivity index (χ2n) is 4.80. The molecule has 1 fully saturated rings. The van der Waals surface area contributed by atoms with Crippen molar-refractivity contribution in [3.63, 3.8) is 0 Å². The fraction of sp³-hybridized carbons (Fsp3) is 0.786. The summed E-state index contributed by atoms with van der Waals surface area (Å²) in [5.41, 5.74) is 0. The first-order chi connectivity index (χ1) is 9.26. The van der Waals surface area contributed by atoms with Crippen molar-refractivity contribution >= 4 is 5.96 Å². The Kier molecular flexibility index (Phi) is 8.03. The third-order valence-electron chi connectivity index (χ3n) is 2.94. The van der Waals surface area contributed by atoms with Gasteiger partial charge in [0, 0.05) is 32.7 Å². The Bertz CT molecular complexity index is 305. The van der Waals surface area contributed by atoms with Crippen molar-refractivity contribution in [2.24, 2.45) is 10.9 Å². The molecule has 0 saturated carbocycles. The zero-order chi connectivity index (χ0) is 13.9.